The highest BCUT2D eigenvalue weighted by molar-refractivity contribution is 6.31. The lowest BCUT2D eigenvalue weighted by Gasteiger charge is -2.15. The molecule has 0 radical (unpaired) electrons. The van der Waals surface area contributed by atoms with E-state index < -0.39 is 0 Å². The molecule has 0 bridgehead atoms. The van der Waals surface area contributed by atoms with E-state index in [9.17, 15) is 0 Å². The van der Waals surface area contributed by atoms with Gasteiger partial charge in [-0.1, -0.05) is 37.4 Å². The van der Waals surface area contributed by atoms with Gasteiger partial charge in [-0.2, -0.15) is 0 Å². The van der Waals surface area contributed by atoms with Gasteiger partial charge in [-0.05, 0) is 37.3 Å². The molecule has 0 saturated heterocycles. The van der Waals surface area contributed by atoms with Gasteiger partial charge in [0.25, 0.3) is 0 Å². The van der Waals surface area contributed by atoms with Crippen LogP contribution in [0.4, 0.5) is 0 Å². The summed E-state index contributed by atoms with van der Waals surface area (Å²) >= 11 is 6.25. The second kappa shape index (κ2) is 6.44. The SMILES string of the molecule is CCC(N)Cc1c(Cl)cccc1OCCC1CC1. The maximum atomic E-state index is 6.25. The number of halogens is 1. The van der Waals surface area contributed by atoms with Crippen LogP contribution in [0.25, 0.3) is 0 Å². The van der Waals surface area contributed by atoms with Crippen LogP contribution in [0.15, 0.2) is 18.2 Å². The van der Waals surface area contributed by atoms with Gasteiger partial charge in [-0.25, -0.2) is 0 Å². The second-order valence-corrected chi connectivity index (χ2v) is 5.58. The van der Waals surface area contributed by atoms with Crippen molar-refractivity contribution in [3.8, 4) is 5.75 Å². The minimum Gasteiger partial charge on any atom is -0.493 e. The summed E-state index contributed by atoms with van der Waals surface area (Å²) in [5.41, 5.74) is 7.08. The van der Waals surface area contributed by atoms with Gasteiger partial charge < -0.3 is 10.5 Å². The first-order valence-electron chi connectivity index (χ1n) is 6.86. The van der Waals surface area contributed by atoms with Crippen molar-refractivity contribution in [3.05, 3.63) is 28.8 Å². The van der Waals surface area contributed by atoms with Gasteiger partial charge in [0.1, 0.15) is 5.75 Å². The van der Waals surface area contributed by atoms with Crippen LogP contribution in [0.2, 0.25) is 5.02 Å². The summed E-state index contributed by atoms with van der Waals surface area (Å²) < 4.78 is 5.87. The molecule has 1 fully saturated rings. The lowest BCUT2D eigenvalue weighted by Crippen LogP contribution is -2.22. The van der Waals surface area contributed by atoms with Crippen molar-refractivity contribution in [3.63, 3.8) is 0 Å². The largest absolute Gasteiger partial charge is 0.493 e. The third-order valence-electron chi connectivity index (χ3n) is 3.55. The molecular formula is C15H22ClNO. The topological polar surface area (TPSA) is 35.2 Å². The Morgan fingerprint density at radius 3 is 2.89 bits per heavy atom. The Labute approximate surface area is 114 Å². The molecule has 0 heterocycles. The molecule has 0 aromatic heterocycles. The Bertz CT molecular complexity index is 390. The van der Waals surface area contributed by atoms with E-state index in [1.165, 1.54) is 12.8 Å². The molecule has 1 aromatic rings. The van der Waals surface area contributed by atoms with Crippen molar-refractivity contribution >= 4 is 11.6 Å². The van der Waals surface area contributed by atoms with Crippen LogP contribution in [0, 0.1) is 5.92 Å². The van der Waals surface area contributed by atoms with E-state index in [4.69, 9.17) is 22.1 Å². The molecule has 0 aliphatic heterocycles. The van der Waals surface area contributed by atoms with E-state index in [1.807, 2.05) is 18.2 Å². The molecule has 2 rings (SSSR count). The zero-order chi connectivity index (χ0) is 13.0. The average Bonchev–Trinajstić information content (AvgIpc) is 3.17. The summed E-state index contributed by atoms with van der Waals surface area (Å²) in [7, 11) is 0. The maximum Gasteiger partial charge on any atom is 0.124 e. The Balaban J connectivity index is 1.99. The van der Waals surface area contributed by atoms with Gasteiger partial charge in [0.15, 0.2) is 0 Å². The summed E-state index contributed by atoms with van der Waals surface area (Å²) in [6, 6.07) is 6.00. The van der Waals surface area contributed by atoms with E-state index in [0.717, 1.165) is 48.1 Å². The fourth-order valence-electron chi connectivity index (χ4n) is 2.02. The number of hydrogen-bond acceptors (Lipinski definition) is 2. The van der Waals surface area contributed by atoms with Crippen LogP contribution in [0.1, 0.15) is 38.2 Å². The molecule has 1 aliphatic carbocycles. The molecule has 3 heteroatoms. The van der Waals surface area contributed by atoms with Crippen molar-refractivity contribution in [1.82, 2.24) is 0 Å². The smallest absolute Gasteiger partial charge is 0.124 e. The number of rotatable bonds is 7. The van der Waals surface area contributed by atoms with Crippen LogP contribution in [-0.4, -0.2) is 12.6 Å². The molecule has 1 aliphatic rings. The third-order valence-corrected chi connectivity index (χ3v) is 3.90. The molecule has 1 atom stereocenters. The Morgan fingerprint density at radius 1 is 1.44 bits per heavy atom. The summed E-state index contributed by atoms with van der Waals surface area (Å²) in [5, 5.41) is 0.767. The van der Waals surface area contributed by atoms with E-state index in [0.29, 0.717) is 0 Å². The Hall–Kier alpha value is -0.730. The van der Waals surface area contributed by atoms with E-state index in [1.54, 1.807) is 0 Å². The van der Waals surface area contributed by atoms with Crippen LogP contribution < -0.4 is 10.5 Å². The van der Waals surface area contributed by atoms with Gasteiger partial charge in [0.2, 0.25) is 0 Å². The van der Waals surface area contributed by atoms with E-state index in [2.05, 4.69) is 6.92 Å². The minimum atomic E-state index is 0.149. The average molecular weight is 268 g/mol. The zero-order valence-electron chi connectivity index (χ0n) is 11.0. The number of benzene rings is 1. The number of nitrogens with two attached hydrogens (primary N) is 1. The van der Waals surface area contributed by atoms with Crippen LogP contribution in [0.5, 0.6) is 5.75 Å². The van der Waals surface area contributed by atoms with E-state index in [-0.39, 0.29) is 6.04 Å². The lowest BCUT2D eigenvalue weighted by molar-refractivity contribution is 0.299. The molecule has 2 nitrogen and oxygen atoms in total. The maximum absolute atomic E-state index is 6.25. The molecule has 1 aromatic carbocycles. The van der Waals surface area contributed by atoms with Crippen molar-refractivity contribution in [2.24, 2.45) is 11.7 Å². The number of hydrogen-bond donors (Lipinski definition) is 1. The minimum absolute atomic E-state index is 0.149. The highest BCUT2D eigenvalue weighted by Gasteiger charge is 2.21. The summed E-state index contributed by atoms with van der Waals surface area (Å²) in [6.07, 6.45) is 5.63. The Morgan fingerprint density at radius 2 is 2.22 bits per heavy atom. The van der Waals surface area contributed by atoms with Gasteiger partial charge in [-0.3, -0.25) is 0 Å². The fraction of sp³-hybridized carbons (Fsp3) is 0.600. The van der Waals surface area contributed by atoms with Gasteiger partial charge in [0, 0.05) is 16.6 Å². The predicted octanol–water partition coefficient (Wildman–Crippen LogP) is 3.80. The third kappa shape index (κ3) is 3.89. The molecule has 2 N–H and O–H groups in total. The highest BCUT2D eigenvalue weighted by Crippen LogP contribution is 2.33. The van der Waals surface area contributed by atoms with Crippen molar-refractivity contribution in [1.29, 1.82) is 0 Å². The van der Waals surface area contributed by atoms with Crippen LogP contribution in [0.3, 0.4) is 0 Å². The van der Waals surface area contributed by atoms with Gasteiger partial charge in [-0.15, -0.1) is 0 Å². The molecule has 0 spiro atoms. The first kappa shape index (κ1) is 13.7. The molecule has 18 heavy (non-hydrogen) atoms. The first-order valence-corrected chi connectivity index (χ1v) is 7.24. The quantitative estimate of drug-likeness (QED) is 0.816. The first-order chi connectivity index (χ1) is 8.70. The molecule has 1 saturated carbocycles. The second-order valence-electron chi connectivity index (χ2n) is 5.17. The monoisotopic (exact) mass is 267 g/mol. The van der Waals surface area contributed by atoms with Gasteiger partial charge in [0.05, 0.1) is 6.61 Å². The van der Waals surface area contributed by atoms with Crippen LogP contribution >= 0.6 is 11.6 Å². The Kier molecular flexibility index (Phi) is 4.90. The zero-order valence-corrected chi connectivity index (χ0v) is 11.7. The standard InChI is InChI=1S/C15H22ClNO/c1-2-12(17)10-13-14(16)4-3-5-15(13)18-9-8-11-6-7-11/h3-5,11-12H,2,6-10,17H2,1H3. The normalized spacial score (nSPS) is 16.6. The molecular weight excluding hydrogens is 246 g/mol. The van der Waals surface area contributed by atoms with Gasteiger partial charge >= 0.3 is 0 Å². The summed E-state index contributed by atoms with van der Waals surface area (Å²) in [6.45, 7) is 2.88. The van der Waals surface area contributed by atoms with Crippen molar-refractivity contribution in [2.75, 3.05) is 6.61 Å². The fourth-order valence-corrected chi connectivity index (χ4v) is 2.26. The van der Waals surface area contributed by atoms with Crippen LogP contribution in [-0.2, 0) is 6.42 Å². The summed E-state index contributed by atoms with van der Waals surface area (Å²) in [5.74, 6) is 1.80. The van der Waals surface area contributed by atoms with Crippen molar-refractivity contribution in [2.45, 2.75) is 45.1 Å². The molecule has 0 amide bonds. The highest BCUT2D eigenvalue weighted by atomic mass is 35.5. The number of ether oxygens (including phenoxy) is 1. The summed E-state index contributed by atoms with van der Waals surface area (Å²) in [4.78, 5) is 0. The lowest BCUT2D eigenvalue weighted by atomic mass is 10.0. The van der Waals surface area contributed by atoms with E-state index >= 15 is 0 Å². The van der Waals surface area contributed by atoms with Crippen molar-refractivity contribution < 1.29 is 4.74 Å². The predicted molar refractivity (Wildman–Crippen MR) is 76.3 cm³/mol. The molecule has 100 valence electrons. The molecule has 1 unspecified atom stereocenters.